The van der Waals surface area contributed by atoms with E-state index < -0.39 is 5.97 Å². The van der Waals surface area contributed by atoms with Crippen LogP contribution in [0.3, 0.4) is 0 Å². The lowest BCUT2D eigenvalue weighted by atomic mass is 10.0. The molecule has 1 fully saturated rings. The molecule has 2 aromatic heterocycles. The van der Waals surface area contributed by atoms with Crippen molar-refractivity contribution >= 4 is 24.0 Å². The minimum atomic E-state index is -1.06. The summed E-state index contributed by atoms with van der Waals surface area (Å²) >= 11 is 1.10. The van der Waals surface area contributed by atoms with Crippen molar-refractivity contribution in [2.75, 3.05) is 79.0 Å². The highest BCUT2D eigenvalue weighted by atomic mass is 32.2. The predicted octanol–water partition coefficient (Wildman–Crippen LogP) is 3.53. The minimum absolute atomic E-state index is 0.0175. The van der Waals surface area contributed by atoms with E-state index in [4.69, 9.17) is 24.2 Å². The molecular weight excluding hydrogens is 610 g/mol. The molecule has 1 aromatic carbocycles. The van der Waals surface area contributed by atoms with Crippen LogP contribution in [0.4, 0.5) is 0 Å². The lowest BCUT2D eigenvalue weighted by Gasteiger charge is -2.32. The van der Waals surface area contributed by atoms with Crippen LogP contribution >= 0.6 is 11.8 Å². The second kappa shape index (κ2) is 19.7. The van der Waals surface area contributed by atoms with E-state index in [9.17, 15) is 14.7 Å². The number of benzene rings is 1. The molecular formula is C33H39N5O7S. The number of rotatable bonds is 8. The summed E-state index contributed by atoms with van der Waals surface area (Å²) in [6.45, 7) is 6.35. The number of hydrogen-bond donors (Lipinski definition) is 1. The Balaban J connectivity index is 1.40. The van der Waals surface area contributed by atoms with Gasteiger partial charge in [0.05, 0.1) is 70.3 Å². The first-order valence-electron chi connectivity index (χ1n) is 15.1. The van der Waals surface area contributed by atoms with Crippen molar-refractivity contribution in [2.45, 2.75) is 17.5 Å². The molecule has 0 aliphatic carbocycles. The third-order valence-corrected chi connectivity index (χ3v) is 7.82. The average Bonchev–Trinajstić information content (AvgIpc) is 3.07. The number of nitrogens with zero attached hydrogens (tertiary/aromatic N) is 5. The minimum Gasteiger partial charge on any atom is -0.477 e. The van der Waals surface area contributed by atoms with Gasteiger partial charge < -0.3 is 24.1 Å². The smallest absolute Gasteiger partial charge is 0.354 e. The lowest BCUT2D eigenvalue weighted by molar-refractivity contribution is 0.00331. The summed E-state index contributed by atoms with van der Waals surface area (Å²) in [6, 6.07) is 17.9. The fourth-order valence-corrected chi connectivity index (χ4v) is 5.35. The van der Waals surface area contributed by atoms with Crippen LogP contribution in [-0.4, -0.2) is 116 Å². The van der Waals surface area contributed by atoms with E-state index in [0.717, 1.165) is 34.2 Å². The van der Waals surface area contributed by atoms with Crippen LogP contribution in [0.5, 0.6) is 0 Å². The Kier molecular flexibility index (Phi) is 15.0. The fourth-order valence-electron chi connectivity index (χ4n) is 4.98. The van der Waals surface area contributed by atoms with Crippen molar-refractivity contribution in [3.8, 4) is 5.40 Å². The summed E-state index contributed by atoms with van der Waals surface area (Å²) in [7, 11) is 0. The molecule has 0 spiro atoms. The number of carbonyl (C=O) groups excluding carboxylic acids is 1. The predicted molar refractivity (Wildman–Crippen MR) is 171 cm³/mol. The molecule has 1 atom stereocenters. The molecule has 1 N–H and O–H groups in total. The molecule has 0 radical (unpaired) electrons. The average molecular weight is 650 g/mol. The van der Waals surface area contributed by atoms with Crippen molar-refractivity contribution in [3.05, 3.63) is 89.0 Å². The quantitative estimate of drug-likeness (QED) is 0.216. The molecule has 1 aliphatic rings. The van der Waals surface area contributed by atoms with E-state index in [1.54, 1.807) is 12.1 Å². The van der Waals surface area contributed by atoms with Gasteiger partial charge in [-0.3, -0.25) is 14.6 Å². The van der Waals surface area contributed by atoms with Gasteiger partial charge in [0, 0.05) is 37.6 Å². The van der Waals surface area contributed by atoms with E-state index in [1.807, 2.05) is 42.5 Å². The first kappa shape index (κ1) is 35.1. The van der Waals surface area contributed by atoms with Crippen LogP contribution in [0.1, 0.15) is 44.0 Å². The number of aromatic carboxylic acids is 1. The topological polar surface area (TPSA) is 147 Å². The summed E-state index contributed by atoms with van der Waals surface area (Å²) in [5.41, 5.74) is 2.74. The highest BCUT2D eigenvalue weighted by Gasteiger charge is 2.24. The second-order valence-electron chi connectivity index (χ2n) is 10.4. The molecule has 0 saturated carbocycles. The molecule has 0 amide bonds. The van der Waals surface area contributed by atoms with Crippen molar-refractivity contribution in [2.24, 2.45) is 0 Å². The number of aromatic nitrogens is 2. The van der Waals surface area contributed by atoms with Gasteiger partial charge in [0.15, 0.2) is 6.29 Å². The van der Waals surface area contributed by atoms with E-state index >= 15 is 0 Å². The van der Waals surface area contributed by atoms with Crippen molar-refractivity contribution < 1.29 is 33.6 Å². The van der Waals surface area contributed by atoms with Gasteiger partial charge in [0.25, 0.3) is 0 Å². The fraction of sp³-hybridized carbons (Fsp3) is 0.424. The van der Waals surface area contributed by atoms with Crippen LogP contribution in [0.15, 0.2) is 65.6 Å². The SMILES string of the molecule is N#CSc1ccc(C(c2cccc(C=O)n2)N2CCOCCOCCN(Cc3cccc(C(=O)O)n3)CCOCCOCC2)cc1. The summed E-state index contributed by atoms with van der Waals surface area (Å²) in [6.07, 6.45) is 0.742. The molecule has 3 aromatic rings. The van der Waals surface area contributed by atoms with Gasteiger partial charge in [-0.15, -0.1) is 0 Å². The maximum atomic E-state index is 11.6. The summed E-state index contributed by atoms with van der Waals surface area (Å²) < 4.78 is 23.6. The highest BCUT2D eigenvalue weighted by Crippen LogP contribution is 2.29. The first-order chi connectivity index (χ1) is 22.6. The van der Waals surface area contributed by atoms with Gasteiger partial charge >= 0.3 is 5.97 Å². The van der Waals surface area contributed by atoms with Crippen molar-refractivity contribution in [1.82, 2.24) is 19.8 Å². The molecule has 3 heterocycles. The summed E-state index contributed by atoms with van der Waals surface area (Å²) in [5, 5.41) is 20.5. The van der Waals surface area contributed by atoms with Gasteiger partial charge in [-0.2, -0.15) is 5.26 Å². The van der Waals surface area contributed by atoms with Gasteiger partial charge in [-0.05, 0) is 53.7 Å². The van der Waals surface area contributed by atoms with Gasteiger partial charge in [-0.1, -0.05) is 24.3 Å². The third kappa shape index (κ3) is 11.6. The normalized spacial score (nSPS) is 17.6. The largest absolute Gasteiger partial charge is 0.477 e. The van der Waals surface area contributed by atoms with Gasteiger partial charge in [-0.25, -0.2) is 14.8 Å². The molecule has 12 nitrogen and oxygen atoms in total. The van der Waals surface area contributed by atoms with E-state index in [-0.39, 0.29) is 11.7 Å². The molecule has 1 aliphatic heterocycles. The second-order valence-corrected chi connectivity index (χ2v) is 11.2. The van der Waals surface area contributed by atoms with Crippen LogP contribution in [0, 0.1) is 10.7 Å². The standard InChI is InChI=1S/C33H39N5O7S/c34-25-46-29-9-7-26(8-10-29)32(30-5-2-4-28(24-39)36-30)38-13-17-44-21-19-42-15-11-37(12-16-43-20-22-45-18-14-38)23-27-3-1-6-31(35-27)33(40)41/h1-10,24,32H,11-23H2,(H,40,41). The third-order valence-electron chi connectivity index (χ3n) is 7.22. The number of thiocyanates is 1. The first-order valence-corrected chi connectivity index (χ1v) is 15.9. The number of carbonyl (C=O) groups is 2. The molecule has 244 valence electrons. The monoisotopic (exact) mass is 649 g/mol. The van der Waals surface area contributed by atoms with Crippen LogP contribution in [0.2, 0.25) is 0 Å². The molecule has 1 saturated heterocycles. The van der Waals surface area contributed by atoms with Crippen LogP contribution < -0.4 is 0 Å². The molecule has 1 unspecified atom stereocenters. The summed E-state index contributed by atoms with van der Waals surface area (Å²) in [5.74, 6) is -1.06. The Hall–Kier alpha value is -3.74. The maximum Gasteiger partial charge on any atom is 0.354 e. The maximum absolute atomic E-state index is 11.6. The van der Waals surface area contributed by atoms with E-state index in [1.165, 1.54) is 6.07 Å². The molecule has 4 rings (SSSR count). The lowest BCUT2D eigenvalue weighted by Crippen LogP contribution is -2.36. The number of carboxylic acid groups (broad SMARTS) is 1. The van der Waals surface area contributed by atoms with E-state index in [2.05, 4.69) is 25.2 Å². The Labute approximate surface area is 273 Å². The van der Waals surface area contributed by atoms with E-state index in [0.29, 0.717) is 97.0 Å². The number of pyridine rings is 2. The van der Waals surface area contributed by atoms with Gasteiger partial charge in [0.1, 0.15) is 16.8 Å². The zero-order chi connectivity index (χ0) is 32.4. The highest BCUT2D eigenvalue weighted by molar-refractivity contribution is 8.03. The number of ether oxygens (including phenoxy) is 4. The summed E-state index contributed by atoms with van der Waals surface area (Å²) in [4.78, 5) is 36.9. The van der Waals surface area contributed by atoms with Crippen molar-refractivity contribution in [3.63, 3.8) is 0 Å². The van der Waals surface area contributed by atoms with Crippen molar-refractivity contribution in [1.29, 1.82) is 5.26 Å². The number of thioether (sulfide) groups is 1. The number of carboxylic acids is 1. The zero-order valence-corrected chi connectivity index (χ0v) is 26.5. The number of aldehydes is 1. The Morgan fingerprint density at radius 2 is 1.46 bits per heavy atom. The van der Waals surface area contributed by atoms with Gasteiger partial charge in [0.2, 0.25) is 0 Å². The van der Waals surface area contributed by atoms with Crippen LogP contribution in [-0.2, 0) is 25.5 Å². The zero-order valence-electron chi connectivity index (χ0n) is 25.7. The van der Waals surface area contributed by atoms with Crippen LogP contribution in [0.25, 0.3) is 0 Å². The molecule has 13 heteroatoms. The Morgan fingerprint density at radius 3 is 2.04 bits per heavy atom. The number of nitriles is 1. The molecule has 46 heavy (non-hydrogen) atoms. The Morgan fingerprint density at radius 1 is 0.848 bits per heavy atom. The number of hydrogen-bond acceptors (Lipinski definition) is 12. The Bertz CT molecular complexity index is 1400. The molecule has 0 bridgehead atoms.